The Hall–Kier alpha value is -0.0900. The molecule has 1 unspecified atom stereocenters. The van der Waals surface area contributed by atoms with Crippen molar-refractivity contribution in [1.29, 1.82) is 0 Å². The lowest BCUT2D eigenvalue weighted by Gasteiger charge is -2.31. The van der Waals surface area contributed by atoms with Crippen molar-refractivity contribution in [2.24, 2.45) is 0 Å². The van der Waals surface area contributed by atoms with Gasteiger partial charge in [0.15, 0.2) is 0 Å². The summed E-state index contributed by atoms with van der Waals surface area (Å²) in [6.45, 7) is 6.54. The fourth-order valence-corrected chi connectivity index (χ4v) is 2.74. The van der Waals surface area contributed by atoms with Crippen LogP contribution in [0.4, 0.5) is 0 Å². The minimum atomic E-state index is 0.598. The predicted molar refractivity (Wildman–Crippen MR) is 62.1 cm³/mol. The third-order valence-corrected chi connectivity index (χ3v) is 3.79. The third-order valence-electron chi connectivity index (χ3n) is 2.54. The molecule has 2 rings (SSSR count). The standard InChI is InChI=1S/C10H15ClN2S/c1-8-6-13(4-3-12-8)7-9-2-5-14-10(9)11/h2,5,8,12H,3-4,6-7H2,1H3. The van der Waals surface area contributed by atoms with E-state index in [0.717, 1.165) is 30.5 Å². The van der Waals surface area contributed by atoms with Crippen molar-refractivity contribution in [3.8, 4) is 0 Å². The fourth-order valence-electron chi connectivity index (χ4n) is 1.83. The Morgan fingerprint density at radius 2 is 2.57 bits per heavy atom. The number of nitrogens with one attached hydrogen (secondary N) is 1. The lowest BCUT2D eigenvalue weighted by molar-refractivity contribution is 0.200. The van der Waals surface area contributed by atoms with Gasteiger partial charge in [-0.15, -0.1) is 11.3 Å². The third kappa shape index (κ3) is 2.48. The van der Waals surface area contributed by atoms with E-state index in [1.807, 2.05) is 0 Å². The number of hydrogen-bond donors (Lipinski definition) is 1. The molecule has 0 radical (unpaired) electrons. The van der Waals surface area contributed by atoms with Crippen LogP contribution >= 0.6 is 22.9 Å². The van der Waals surface area contributed by atoms with Crippen LogP contribution in [-0.4, -0.2) is 30.6 Å². The van der Waals surface area contributed by atoms with Crippen LogP contribution < -0.4 is 5.32 Å². The van der Waals surface area contributed by atoms with Crippen LogP contribution in [0.3, 0.4) is 0 Å². The molecule has 4 heteroatoms. The molecule has 1 N–H and O–H groups in total. The zero-order valence-electron chi connectivity index (χ0n) is 8.29. The Labute approximate surface area is 93.9 Å². The number of halogens is 1. The van der Waals surface area contributed by atoms with E-state index >= 15 is 0 Å². The van der Waals surface area contributed by atoms with E-state index in [1.165, 1.54) is 5.56 Å². The van der Waals surface area contributed by atoms with Gasteiger partial charge >= 0.3 is 0 Å². The molecule has 1 atom stereocenters. The zero-order chi connectivity index (χ0) is 9.97. The lowest BCUT2D eigenvalue weighted by atomic mass is 10.2. The quantitative estimate of drug-likeness (QED) is 0.838. The van der Waals surface area contributed by atoms with Crippen molar-refractivity contribution in [3.05, 3.63) is 21.3 Å². The number of hydrogen-bond acceptors (Lipinski definition) is 3. The largest absolute Gasteiger partial charge is 0.312 e. The van der Waals surface area contributed by atoms with Gasteiger partial charge in [0.25, 0.3) is 0 Å². The molecule has 2 nitrogen and oxygen atoms in total. The average molecular weight is 231 g/mol. The molecule has 1 aliphatic heterocycles. The maximum absolute atomic E-state index is 6.07. The molecule has 0 aromatic carbocycles. The Morgan fingerprint density at radius 3 is 3.21 bits per heavy atom. The summed E-state index contributed by atoms with van der Waals surface area (Å²) >= 11 is 7.69. The zero-order valence-corrected chi connectivity index (χ0v) is 9.87. The summed E-state index contributed by atoms with van der Waals surface area (Å²) in [5, 5.41) is 5.49. The first-order chi connectivity index (χ1) is 6.75. The second-order valence-corrected chi connectivity index (χ2v) is 5.33. The molecule has 1 fully saturated rings. The first-order valence-corrected chi connectivity index (χ1v) is 6.19. The van der Waals surface area contributed by atoms with Crippen LogP contribution in [0, 0.1) is 0 Å². The topological polar surface area (TPSA) is 15.3 Å². The van der Waals surface area contributed by atoms with Gasteiger partial charge in [0.05, 0.1) is 4.34 Å². The van der Waals surface area contributed by atoms with E-state index in [9.17, 15) is 0 Å². The molecule has 2 heterocycles. The van der Waals surface area contributed by atoms with Crippen LogP contribution in [-0.2, 0) is 6.54 Å². The Bertz CT molecular complexity index is 300. The predicted octanol–water partition coefficient (Wildman–Crippen LogP) is 2.20. The van der Waals surface area contributed by atoms with Crippen LogP contribution in [0.15, 0.2) is 11.4 Å². The van der Waals surface area contributed by atoms with Gasteiger partial charge in [-0.1, -0.05) is 11.6 Å². The minimum Gasteiger partial charge on any atom is -0.312 e. The van der Waals surface area contributed by atoms with Gasteiger partial charge in [-0.3, -0.25) is 4.90 Å². The van der Waals surface area contributed by atoms with Crippen LogP contribution in [0.2, 0.25) is 4.34 Å². The van der Waals surface area contributed by atoms with E-state index in [0.29, 0.717) is 6.04 Å². The minimum absolute atomic E-state index is 0.598. The van der Waals surface area contributed by atoms with E-state index in [4.69, 9.17) is 11.6 Å². The highest BCUT2D eigenvalue weighted by molar-refractivity contribution is 7.14. The normalized spacial score (nSPS) is 24.0. The molecular weight excluding hydrogens is 216 g/mol. The first kappa shape index (κ1) is 10.4. The maximum Gasteiger partial charge on any atom is 0.0973 e. The summed E-state index contributed by atoms with van der Waals surface area (Å²) in [7, 11) is 0. The smallest absolute Gasteiger partial charge is 0.0973 e. The van der Waals surface area contributed by atoms with Gasteiger partial charge in [-0.25, -0.2) is 0 Å². The second-order valence-electron chi connectivity index (χ2n) is 3.81. The first-order valence-electron chi connectivity index (χ1n) is 4.93. The molecule has 1 saturated heterocycles. The molecule has 78 valence electrons. The number of nitrogens with zero attached hydrogens (tertiary/aromatic N) is 1. The SMILES string of the molecule is CC1CN(Cc2ccsc2Cl)CCN1. The van der Waals surface area contributed by atoms with E-state index in [2.05, 4.69) is 28.6 Å². The number of piperazine rings is 1. The molecule has 14 heavy (non-hydrogen) atoms. The van der Waals surface area contributed by atoms with Gasteiger partial charge in [-0.2, -0.15) is 0 Å². The van der Waals surface area contributed by atoms with E-state index < -0.39 is 0 Å². The van der Waals surface area contributed by atoms with Crippen LogP contribution in [0.5, 0.6) is 0 Å². The fraction of sp³-hybridized carbons (Fsp3) is 0.600. The van der Waals surface area contributed by atoms with E-state index in [-0.39, 0.29) is 0 Å². The summed E-state index contributed by atoms with van der Waals surface area (Å²) in [5.74, 6) is 0. The Morgan fingerprint density at radius 1 is 1.71 bits per heavy atom. The lowest BCUT2D eigenvalue weighted by Crippen LogP contribution is -2.48. The summed E-state index contributed by atoms with van der Waals surface area (Å²) in [6, 6.07) is 2.72. The summed E-state index contributed by atoms with van der Waals surface area (Å²) in [6.07, 6.45) is 0. The molecular formula is C10H15ClN2S. The van der Waals surface area contributed by atoms with Crippen molar-refractivity contribution < 1.29 is 0 Å². The highest BCUT2D eigenvalue weighted by Gasteiger charge is 2.16. The van der Waals surface area contributed by atoms with Crippen molar-refractivity contribution in [1.82, 2.24) is 10.2 Å². The van der Waals surface area contributed by atoms with Gasteiger partial charge < -0.3 is 5.32 Å². The Balaban J connectivity index is 1.94. The van der Waals surface area contributed by atoms with Crippen LogP contribution in [0.1, 0.15) is 12.5 Å². The summed E-state index contributed by atoms with van der Waals surface area (Å²) < 4.78 is 0.941. The monoisotopic (exact) mass is 230 g/mol. The average Bonchev–Trinajstić information content (AvgIpc) is 2.52. The van der Waals surface area contributed by atoms with Crippen molar-refractivity contribution in [2.45, 2.75) is 19.5 Å². The van der Waals surface area contributed by atoms with Gasteiger partial charge in [0, 0.05) is 32.2 Å². The second kappa shape index (κ2) is 4.62. The van der Waals surface area contributed by atoms with Crippen molar-refractivity contribution >= 4 is 22.9 Å². The highest BCUT2D eigenvalue weighted by atomic mass is 35.5. The number of thiophene rings is 1. The molecule has 0 amide bonds. The summed E-state index contributed by atoms with van der Waals surface area (Å²) in [4.78, 5) is 2.45. The van der Waals surface area contributed by atoms with Crippen LogP contribution in [0.25, 0.3) is 0 Å². The van der Waals surface area contributed by atoms with Crippen molar-refractivity contribution in [3.63, 3.8) is 0 Å². The van der Waals surface area contributed by atoms with E-state index in [1.54, 1.807) is 11.3 Å². The molecule has 0 spiro atoms. The molecule has 1 aliphatic rings. The van der Waals surface area contributed by atoms with Gasteiger partial charge in [0.1, 0.15) is 0 Å². The molecule has 0 saturated carbocycles. The molecule has 0 bridgehead atoms. The Kier molecular flexibility index (Phi) is 3.44. The maximum atomic E-state index is 6.07. The molecule has 1 aromatic heterocycles. The van der Waals surface area contributed by atoms with Crippen molar-refractivity contribution in [2.75, 3.05) is 19.6 Å². The summed E-state index contributed by atoms with van der Waals surface area (Å²) in [5.41, 5.74) is 1.27. The highest BCUT2D eigenvalue weighted by Crippen LogP contribution is 2.24. The van der Waals surface area contributed by atoms with Gasteiger partial charge in [0.2, 0.25) is 0 Å². The molecule has 1 aromatic rings. The number of rotatable bonds is 2. The van der Waals surface area contributed by atoms with Gasteiger partial charge in [-0.05, 0) is 23.9 Å². The molecule has 0 aliphatic carbocycles.